The van der Waals surface area contributed by atoms with Crippen LogP contribution < -0.4 is 0 Å². The van der Waals surface area contributed by atoms with Crippen molar-refractivity contribution in [3.8, 4) is 0 Å². The van der Waals surface area contributed by atoms with Gasteiger partial charge >= 0.3 is 5.97 Å². The minimum Gasteiger partial charge on any atom is -0.478 e. The van der Waals surface area contributed by atoms with Gasteiger partial charge < -0.3 is 5.11 Å². The summed E-state index contributed by atoms with van der Waals surface area (Å²) < 4.78 is 0. The van der Waals surface area contributed by atoms with Crippen LogP contribution in [0.25, 0.3) is 11.6 Å². The molecule has 1 N–H and O–H groups in total. The average molecular weight is 332 g/mol. The molecule has 2 aromatic rings. The fraction of sp³-hybridized carbons (Fsp3) is 0.348. The van der Waals surface area contributed by atoms with E-state index in [1.165, 1.54) is 60.8 Å². The number of carboxylic acids is 1. The van der Waals surface area contributed by atoms with Gasteiger partial charge in [0.1, 0.15) is 0 Å². The van der Waals surface area contributed by atoms with Crippen molar-refractivity contribution >= 4 is 17.6 Å². The second-order valence-corrected chi connectivity index (χ2v) is 7.74. The van der Waals surface area contributed by atoms with E-state index in [0.29, 0.717) is 11.0 Å². The first-order valence-electron chi connectivity index (χ1n) is 9.19. The number of carbonyl (C=O) groups is 1. The van der Waals surface area contributed by atoms with E-state index in [0.717, 1.165) is 5.56 Å². The third kappa shape index (κ3) is 3.39. The highest BCUT2D eigenvalue weighted by molar-refractivity contribution is 5.88. The van der Waals surface area contributed by atoms with Gasteiger partial charge in [0.15, 0.2) is 0 Å². The summed E-state index contributed by atoms with van der Waals surface area (Å²) >= 11 is 0. The zero-order valence-electron chi connectivity index (χ0n) is 14.7. The van der Waals surface area contributed by atoms with Gasteiger partial charge in [0.05, 0.1) is 5.56 Å². The summed E-state index contributed by atoms with van der Waals surface area (Å²) in [6.07, 6.45) is 10.1. The van der Waals surface area contributed by atoms with Gasteiger partial charge in [-0.25, -0.2) is 4.79 Å². The molecule has 2 aliphatic carbocycles. The molecular formula is C23H24O2. The Morgan fingerprint density at radius 3 is 2.20 bits per heavy atom. The molecule has 128 valence electrons. The Labute approximate surface area is 149 Å². The number of aromatic carboxylic acids is 1. The Hall–Kier alpha value is -2.35. The smallest absolute Gasteiger partial charge is 0.335 e. The fourth-order valence-electron chi connectivity index (χ4n) is 4.00. The van der Waals surface area contributed by atoms with Crippen molar-refractivity contribution < 1.29 is 9.90 Å². The summed E-state index contributed by atoms with van der Waals surface area (Å²) in [4.78, 5) is 11.0. The standard InChI is InChI=1S/C23H24O2/c1-16(14-17-2-4-19(5-3-17)22(24)25)20-7-6-18-8-10-23(12-13-23)11-9-21(18)15-20/h2-7,14-15H,8-13H2,1H3,(H,24,25). The number of benzene rings is 2. The van der Waals surface area contributed by atoms with E-state index in [1.807, 2.05) is 12.1 Å². The normalized spacial score (nSPS) is 18.5. The summed E-state index contributed by atoms with van der Waals surface area (Å²) in [5.74, 6) is -0.883. The van der Waals surface area contributed by atoms with Crippen molar-refractivity contribution in [3.05, 3.63) is 70.3 Å². The number of aryl methyl sites for hydroxylation is 2. The first kappa shape index (κ1) is 16.1. The van der Waals surface area contributed by atoms with Crippen LogP contribution in [0.15, 0.2) is 42.5 Å². The van der Waals surface area contributed by atoms with Crippen LogP contribution in [0.4, 0.5) is 0 Å². The van der Waals surface area contributed by atoms with Crippen LogP contribution in [-0.2, 0) is 12.8 Å². The quantitative estimate of drug-likeness (QED) is 0.742. The van der Waals surface area contributed by atoms with Crippen molar-refractivity contribution in [3.63, 3.8) is 0 Å². The molecule has 1 spiro atoms. The van der Waals surface area contributed by atoms with E-state index in [1.54, 1.807) is 12.1 Å². The van der Waals surface area contributed by atoms with Crippen molar-refractivity contribution in [2.24, 2.45) is 5.41 Å². The van der Waals surface area contributed by atoms with Crippen molar-refractivity contribution in [2.75, 3.05) is 0 Å². The minimum absolute atomic E-state index is 0.328. The fourth-order valence-corrected chi connectivity index (χ4v) is 4.00. The van der Waals surface area contributed by atoms with Crippen molar-refractivity contribution in [1.29, 1.82) is 0 Å². The predicted octanol–water partition coefficient (Wildman–Crippen LogP) is 5.60. The van der Waals surface area contributed by atoms with Gasteiger partial charge in [-0.3, -0.25) is 0 Å². The third-order valence-electron chi connectivity index (χ3n) is 6.01. The van der Waals surface area contributed by atoms with E-state index in [4.69, 9.17) is 5.11 Å². The maximum atomic E-state index is 11.0. The molecule has 0 radical (unpaired) electrons. The zero-order valence-corrected chi connectivity index (χ0v) is 14.7. The topological polar surface area (TPSA) is 37.3 Å². The van der Waals surface area contributed by atoms with Gasteiger partial charge in [-0.15, -0.1) is 0 Å². The molecule has 25 heavy (non-hydrogen) atoms. The second kappa shape index (κ2) is 6.18. The highest BCUT2D eigenvalue weighted by Crippen LogP contribution is 2.54. The molecular weight excluding hydrogens is 308 g/mol. The average Bonchev–Trinajstić information content (AvgIpc) is 3.41. The first-order valence-corrected chi connectivity index (χ1v) is 9.19. The maximum Gasteiger partial charge on any atom is 0.335 e. The Balaban J connectivity index is 1.57. The Morgan fingerprint density at radius 2 is 1.56 bits per heavy atom. The molecule has 1 saturated carbocycles. The van der Waals surface area contributed by atoms with Gasteiger partial charge in [-0.1, -0.05) is 36.4 Å². The summed E-state index contributed by atoms with van der Waals surface area (Å²) in [6, 6.07) is 14.0. The Bertz CT molecular complexity index is 839. The molecule has 0 bridgehead atoms. The molecule has 0 unspecified atom stereocenters. The lowest BCUT2D eigenvalue weighted by Crippen LogP contribution is -1.99. The highest BCUT2D eigenvalue weighted by Gasteiger charge is 2.42. The van der Waals surface area contributed by atoms with Crippen LogP contribution in [0.2, 0.25) is 0 Å². The monoisotopic (exact) mass is 332 g/mol. The Morgan fingerprint density at radius 1 is 0.920 bits per heavy atom. The zero-order chi connectivity index (χ0) is 17.4. The summed E-state index contributed by atoms with van der Waals surface area (Å²) in [5, 5.41) is 9.00. The predicted molar refractivity (Wildman–Crippen MR) is 102 cm³/mol. The molecule has 1 fully saturated rings. The van der Waals surface area contributed by atoms with Crippen LogP contribution >= 0.6 is 0 Å². The van der Waals surface area contributed by atoms with Crippen LogP contribution in [0.3, 0.4) is 0 Å². The second-order valence-electron chi connectivity index (χ2n) is 7.74. The summed E-state index contributed by atoms with van der Waals surface area (Å²) in [7, 11) is 0. The van der Waals surface area contributed by atoms with E-state index >= 15 is 0 Å². The maximum absolute atomic E-state index is 11.0. The highest BCUT2D eigenvalue weighted by atomic mass is 16.4. The van der Waals surface area contributed by atoms with Gasteiger partial charge in [0.2, 0.25) is 0 Å². The molecule has 0 aromatic heterocycles. The molecule has 0 aliphatic heterocycles. The van der Waals surface area contributed by atoms with Crippen molar-refractivity contribution in [1.82, 2.24) is 0 Å². The number of rotatable bonds is 3. The van der Waals surface area contributed by atoms with Crippen LogP contribution in [0, 0.1) is 5.41 Å². The van der Waals surface area contributed by atoms with Gasteiger partial charge in [-0.2, -0.15) is 0 Å². The molecule has 2 heteroatoms. The molecule has 0 amide bonds. The lowest BCUT2D eigenvalue weighted by molar-refractivity contribution is 0.0697. The number of allylic oxidation sites excluding steroid dienone is 1. The first-order chi connectivity index (χ1) is 12.0. The molecule has 0 saturated heterocycles. The molecule has 0 atom stereocenters. The van der Waals surface area contributed by atoms with E-state index in [2.05, 4.69) is 31.2 Å². The molecule has 4 rings (SSSR count). The summed E-state index contributed by atoms with van der Waals surface area (Å²) in [5.41, 5.74) is 7.59. The van der Waals surface area contributed by atoms with Gasteiger partial charge in [0.25, 0.3) is 0 Å². The lowest BCUT2D eigenvalue weighted by Gasteiger charge is -2.09. The number of carboxylic acid groups (broad SMARTS) is 1. The number of hydrogen-bond donors (Lipinski definition) is 1. The summed E-state index contributed by atoms with van der Waals surface area (Å²) in [6.45, 7) is 2.13. The molecule has 2 nitrogen and oxygen atoms in total. The van der Waals surface area contributed by atoms with E-state index in [-0.39, 0.29) is 0 Å². The largest absolute Gasteiger partial charge is 0.478 e. The van der Waals surface area contributed by atoms with Crippen LogP contribution in [0.1, 0.15) is 65.2 Å². The van der Waals surface area contributed by atoms with Crippen LogP contribution in [-0.4, -0.2) is 11.1 Å². The van der Waals surface area contributed by atoms with Crippen molar-refractivity contribution in [2.45, 2.75) is 45.4 Å². The molecule has 2 aliphatic rings. The minimum atomic E-state index is -0.883. The molecule has 0 heterocycles. The lowest BCUT2D eigenvalue weighted by atomic mass is 9.96. The SMILES string of the molecule is CC(=Cc1ccc(C(=O)O)cc1)c1ccc2c(c1)CCC1(CC2)CC1. The van der Waals surface area contributed by atoms with Crippen LogP contribution in [0.5, 0.6) is 0 Å². The number of hydrogen-bond acceptors (Lipinski definition) is 1. The Kier molecular flexibility index (Phi) is 3.99. The van der Waals surface area contributed by atoms with Gasteiger partial charge in [0, 0.05) is 0 Å². The van der Waals surface area contributed by atoms with Gasteiger partial charge in [-0.05, 0) is 90.8 Å². The van der Waals surface area contributed by atoms with E-state index < -0.39 is 5.97 Å². The third-order valence-corrected chi connectivity index (χ3v) is 6.01. The molecule has 2 aromatic carbocycles. The van der Waals surface area contributed by atoms with E-state index in [9.17, 15) is 4.79 Å². The number of fused-ring (bicyclic) bond motifs is 1.